The van der Waals surface area contributed by atoms with Gasteiger partial charge in [0.15, 0.2) is 5.13 Å². The van der Waals surface area contributed by atoms with Gasteiger partial charge in [0.1, 0.15) is 6.29 Å². The topological polar surface area (TPSA) is 36.4 Å². The first-order valence-corrected chi connectivity index (χ1v) is 10.7. The van der Waals surface area contributed by atoms with Gasteiger partial charge in [-0.15, -0.1) is 0 Å². The number of aryl methyl sites for hydroxylation is 2. The molecule has 4 rings (SSSR count). The number of nitrogens with zero attached hydrogens (tertiary/aromatic N) is 3. The minimum Gasteiger partial charge on any atom is -0.343 e. The summed E-state index contributed by atoms with van der Waals surface area (Å²) in [4.78, 5) is 20.7. The number of anilines is 1. The molecule has 0 spiro atoms. The van der Waals surface area contributed by atoms with Gasteiger partial charge in [-0.2, -0.15) is 0 Å². The lowest BCUT2D eigenvalue weighted by Crippen LogP contribution is -2.51. The van der Waals surface area contributed by atoms with Crippen molar-refractivity contribution in [3.8, 4) is 0 Å². The third kappa shape index (κ3) is 4.10. The zero-order chi connectivity index (χ0) is 19.7. The van der Waals surface area contributed by atoms with E-state index in [0.717, 1.165) is 48.7 Å². The van der Waals surface area contributed by atoms with Crippen LogP contribution in [0.4, 0.5) is 5.13 Å². The number of aldehydes is 1. The van der Waals surface area contributed by atoms with Gasteiger partial charge in [0, 0.05) is 38.6 Å². The highest BCUT2D eigenvalue weighted by Crippen LogP contribution is 2.31. The van der Waals surface area contributed by atoms with Crippen LogP contribution in [0.1, 0.15) is 29.2 Å². The number of hydrogen-bond donors (Lipinski definition) is 0. The number of rotatable bonds is 5. The minimum absolute atomic E-state index is 0.426. The highest BCUT2D eigenvalue weighted by molar-refractivity contribution is 7.22. The summed E-state index contributed by atoms with van der Waals surface area (Å²) < 4.78 is 1.27. The Balaban J connectivity index is 1.45. The Morgan fingerprint density at radius 2 is 1.93 bits per heavy atom. The van der Waals surface area contributed by atoms with Crippen molar-refractivity contribution in [3.05, 3.63) is 58.7 Å². The van der Waals surface area contributed by atoms with Gasteiger partial charge in [-0.1, -0.05) is 41.2 Å². The molecule has 1 aliphatic rings. The fourth-order valence-corrected chi connectivity index (χ4v) is 5.31. The van der Waals surface area contributed by atoms with E-state index in [-0.39, 0.29) is 0 Å². The van der Waals surface area contributed by atoms with E-state index in [1.807, 2.05) is 0 Å². The monoisotopic (exact) mass is 393 g/mol. The molecule has 2 aromatic carbocycles. The van der Waals surface area contributed by atoms with Gasteiger partial charge in [-0.3, -0.25) is 4.90 Å². The molecule has 0 amide bonds. The summed E-state index contributed by atoms with van der Waals surface area (Å²) in [5, 5.41) is 1.14. The van der Waals surface area contributed by atoms with Crippen LogP contribution in [-0.2, 0) is 17.8 Å². The summed E-state index contributed by atoms with van der Waals surface area (Å²) in [7, 11) is 0. The molecule has 146 valence electrons. The smallest absolute Gasteiger partial charge is 0.186 e. The van der Waals surface area contributed by atoms with Gasteiger partial charge in [0.05, 0.1) is 10.2 Å². The Hall–Kier alpha value is -2.24. The number of carbonyl (C=O) groups is 1. The van der Waals surface area contributed by atoms with Gasteiger partial charge in [0.2, 0.25) is 0 Å². The molecule has 5 heteroatoms. The number of thiazole rings is 1. The summed E-state index contributed by atoms with van der Waals surface area (Å²) >= 11 is 1.80. The number of fused-ring (bicyclic) bond motifs is 1. The van der Waals surface area contributed by atoms with Crippen LogP contribution < -0.4 is 4.90 Å². The zero-order valence-electron chi connectivity index (χ0n) is 16.8. The number of piperazine rings is 1. The third-order valence-corrected chi connectivity index (χ3v) is 6.47. The number of benzene rings is 2. The van der Waals surface area contributed by atoms with Crippen molar-refractivity contribution >= 4 is 33.0 Å². The normalized spacial score (nSPS) is 18.0. The summed E-state index contributed by atoms with van der Waals surface area (Å²) in [6, 6.07) is 13.4. The van der Waals surface area contributed by atoms with Crippen LogP contribution in [0.5, 0.6) is 0 Å². The molecule has 1 aromatic heterocycles. The summed E-state index contributed by atoms with van der Waals surface area (Å²) in [5.74, 6) is 0. The predicted octanol–water partition coefficient (Wildman–Crippen LogP) is 4.37. The Labute approximate surface area is 170 Å². The SMILES string of the molecule is Cc1cc(CC=O)cc(CN2CCN(c3nc4ccc(C)cc4s3)[C@H](C)C2)c1. The first-order valence-electron chi connectivity index (χ1n) is 9.91. The molecule has 0 N–H and O–H groups in total. The van der Waals surface area contributed by atoms with E-state index in [0.29, 0.717) is 12.5 Å². The van der Waals surface area contributed by atoms with Crippen molar-refractivity contribution in [3.63, 3.8) is 0 Å². The molecule has 0 radical (unpaired) electrons. The Bertz CT molecular complexity index is 997. The molecule has 4 nitrogen and oxygen atoms in total. The van der Waals surface area contributed by atoms with Crippen LogP contribution in [-0.4, -0.2) is 41.8 Å². The molecule has 3 aromatic rings. The van der Waals surface area contributed by atoms with Crippen LogP contribution >= 0.6 is 11.3 Å². The van der Waals surface area contributed by atoms with Gasteiger partial charge >= 0.3 is 0 Å². The van der Waals surface area contributed by atoms with Crippen molar-refractivity contribution < 1.29 is 4.79 Å². The van der Waals surface area contributed by atoms with Crippen molar-refractivity contribution in [2.75, 3.05) is 24.5 Å². The Morgan fingerprint density at radius 3 is 2.71 bits per heavy atom. The van der Waals surface area contributed by atoms with E-state index in [4.69, 9.17) is 4.98 Å². The molecule has 28 heavy (non-hydrogen) atoms. The summed E-state index contributed by atoms with van der Waals surface area (Å²) in [6.45, 7) is 10.5. The molecule has 0 aliphatic carbocycles. The van der Waals surface area contributed by atoms with E-state index in [1.165, 1.54) is 21.4 Å². The quantitative estimate of drug-likeness (QED) is 0.603. The number of aromatic nitrogens is 1. The number of hydrogen-bond acceptors (Lipinski definition) is 5. The van der Waals surface area contributed by atoms with Crippen molar-refractivity contribution in [2.24, 2.45) is 0 Å². The molecule has 0 bridgehead atoms. The van der Waals surface area contributed by atoms with Crippen LogP contribution in [0, 0.1) is 13.8 Å². The van der Waals surface area contributed by atoms with Crippen molar-refractivity contribution in [1.82, 2.24) is 9.88 Å². The average Bonchev–Trinajstić information content (AvgIpc) is 3.04. The van der Waals surface area contributed by atoms with Gasteiger partial charge in [-0.05, 0) is 49.6 Å². The molecule has 1 aliphatic heterocycles. The molecule has 1 saturated heterocycles. The highest BCUT2D eigenvalue weighted by atomic mass is 32.1. The van der Waals surface area contributed by atoms with Gasteiger partial charge in [-0.25, -0.2) is 4.98 Å². The number of carbonyl (C=O) groups excluding carboxylic acids is 1. The summed E-state index contributed by atoms with van der Waals surface area (Å²) in [5.41, 5.74) is 6.02. The standard InChI is InChI=1S/C23H27N3OS/c1-16-4-5-21-22(12-16)28-23(24-21)26-8-7-25(14-18(26)3)15-20-11-17(2)10-19(13-20)6-9-27/h4-5,9-13,18H,6-8,14-15H2,1-3H3/t18-/m1/s1. The van der Waals surface area contributed by atoms with Crippen LogP contribution in [0.25, 0.3) is 10.2 Å². The van der Waals surface area contributed by atoms with E-state index in [9.17, 15) is 4.79 Å². The lowest BCUT2D eigenvalue weighted by atomic mass is 10.0. The fourth-order valence-electron chi connectivity index (χ4n) is 4.11. The maximum absolute atomic E-state index is 10.9. The van der Waals surface area contributed by atoms with E-state index in [2.05, 4.69) is 67.0 Å². The lowest BCUT2D eigenvalue weighted by molar-refractivity contribution is -0.107. The zero-order valence-corrected chi connectivity index (χ0v) is 17.6. The second-order valence-corrected chi connectivity index (χ2v) is 8.95. The van der Waals surface area contributed by atoms with E-state index < -0.39 is 0 Å². The Morgan fingerprint density at radius 1 is 1.11 bits per heavy atom. The maximum atomic E-state index is 10.9. The van der Waals surface area contributed by atoms with Crippen LogP contribution in [0.15, 0.2) is 36.4 Å². The second-order valence-electron chi connectivity index (χ2n) is 7.94. The van der Waals surface area contributed by atoms with Gasteiger partial charge in [0.25, 0.3) is 0 Å². The molecule has 0 saturated carbocycles. The molecule has 1 atom stereocenters. The summed E-state index contributed by atoms with van der Waals surface area (Å²) in [6.07, 6.45) is 1.48. The first-order chi connectivity index (χ1) is 13.5. The van der Waals surface area contributed by atoms with Crippen LogP contribution in [0.2, 0.25) is 0 Å². The molecular weight excluding hydrogens is 366 g/mol. The first kappa shape index (κ1) is 19.1. The van der Waals surface area contributed by atoms with E-state index >= 15 is 0 Å². The van der Waals surface area contributed by atoms with Crippen LogP contribution in [0.3, 0.4) is 0 Å². The molecule has 2 heterocycles. The Kier molecular flexibility index (Phi) is 5.47. The average molecular weight is 394 g/mol. The van der Waals surface area contributed by atoms with E-state index in [1.54, 1.807) is 11.3 Å². The fraction of sp³-hybridized carbons (Fsp3) is 0.391. The third-order valence-electron chi connectivity index (χ3n) is 5.41. The predicted molar refractivity (Wildman–Crippen MR) is 117 cm³/mol. The molecular formula is C23H27N3OS. The second kappa shape index (κ2) is 8.02. The largest absolute Gasteiger partial charge is 0.343 e. The molecule has 1 fully saturated rings. The van der Waals surface area contributed by atoms with Crippen molar-refractivity contribution in [2.45, 2.75) is 39.8 Å². The molecule has 0 unspecified atom stereocenters. The highest BCUT2D eigenvalue weighted by Gasteiger charge is 2.26. The van der Waals surface area contributed by atoms with Gasteiger partial charge < -0.3 is 9.69 Å². The van der Waals surface area contributed by atoms with Crippen molar-refractivity contribution in [1.29, 1.82) is 0 Å². The lowest BCUT2D eigenvalue weighted by Gasteiger charge is -2.39. The maximum Gasteiger partial charge on any atom is 0.186 e. The minimum atomic E-state index is 0.426.